The lowest BCUT2D eigenvalue weighted by Gasteiger charge is -2.20. The van der Waals surface area contributed by atoms with Crippen LogP contribution in [0.1, 0.15) is 13.3 Å². The van der Waals surface area contributed by atoms with Crippen molar-refractivity contribution in [3.63, 3.8) is 0 Å². The fraction of sp³-hybridized carbons (Fsp3) is 0.800. The van der Waals surface area contributed by atoms with Gasteiger partial charge in [-0.15, -0.1) is 0 Å². The SMILES string of the molecule is CCC(O)(O)NC(=O)C(Cl)Cl. The van der Waals surface area contributed by atoms with Gasteiger partial charge in [-0.1, -0.05) is 30.1 Å². The zero-order valence-corrected chi connectivity index (χ0v) is 7.35. The maximum atomic E-state index is 10.6. The molecule has 0 aromatic carbocycles. The minimum Gasteiger partial charge on any atom is -0.349 e. The summed E-state index contributed by atoms with van der Waals surface area (Å²) in [6, 6.07) is 0. The highest BCUT2D eigenvalue weighted by atomic mass is 35.5. The first-order valence-corrected chi connectivity index (χ1v) is 3.81. The van der Waals surface area contributed by atoms with E-state index in [0.29, 0.717) is 0 Å². The summed E-state index contributed by atoms with van der Waals surface area (Å²) in [6.07, 6.45) is -0.0424. The Bertz CT molecular complexity index is 149. The van der Waals surface area contributed by atoms with Crippen molar-refractivity contribution in [3.8, 4) is 0 Å². The van der Waals surface area contributed by atoms with Crippen molar-refractivity contribution in [1.82, 2.24) is 5.32 Å². The third-order valence-electron chi connectivity index (χ3n) is 1.01. The molecule has 0 aromatic heterocycles. The maximum Gasteiger partial charge on any atom is 0.257 e. The van der Waals surface area contributed by atoms with E-state index >= 15 is 0 Å². The van der Waals surface area contributed by atoms with Gasteiger partial charge in [-0.3, -0.25) is 4.79 Å². The van der Waals surface area contributed by atoms with Crippen LogP contribution in [0.5, 0.6) is 0 Å². The summed E-state index contributed by atoms with van der Waals surface area (Å²) in [5, 5.41) is 19.5. The lowest BCUT2D eigenvalue weighted by atomic mass is 10.3. The van der Waals surface area contributed by atoms with Gasteiger partial charge in [-0.2, -0.15) is 0 Å². The molecule has 0 aromatic rings. The number of nitrogens with one attached hydrogen (secondary N) is 1. The molecule has 0 rings (SSSR count). The van der Waals surface area contributed by atoms with Crippen LogP contribution in [0, 0.1) is 0 Å². The molecule has 0 unspecified atom stereocenters. The van der Waals surface area contributed by atoms with Crippen molar-refractivity contribution in [2.75, 3.05) is 0 Å². The number of aliphatic hydroxyl groups is 2. The van der Waals surface area contributed by atoms with Gasteiger partial charge in [0.2, 0.25) is 5.91 Å². The molecule has 0 spiro atoms. The predicted octanol–water partition coefficient (Wildman–Crippen LogP) is -0.0453. The minimum atomic E-state index is -2.22. The highest BCUT2D eigenvalue weighted by Crippen LogP contribution is 2.05. The van der Waals surface area contributed by atoms with Crippen LogP contribution in [0.4, 0.5) is 0 Å². The van der Waals surface area contributed by atoms with E-state index in [0.717, 1.165) is 0 Å². The van der Waals surface area contributed by atoms with Crippen molar-refractivity contribution >= 4 is 29.1 Å². The summed E-state index contributed by atoms with van der Waals surface area (Å²) in [7, 11) is 0. The summed E-state index contributed by atoms with van der Waals surface area (Å²) in [5.41, 5.74) is 0. The maximum absolute atomic E-state index is 10.6. The van der Waals surface area contributed by atoms with Crippen LogP contribution in [0.15, 0.2) is 0 Å². The van der Waals surface area contributed by atoms with Crippen LogP contribution in [0.25, 0.3) is 0 Å². The van der Waals surface area contributed by atoms with Crippen LogP contribution in [-0.4, -0.2) is 26.9 Å². The normalized spacial score (nSPS) is 11.8. The Labute approximate surface area is 74.1 Å². The zero-order chi connectivity index (χ0) is 9.07. The molecule has 0 aliphatic carbocycles. The summed E-state index contributed by atoms with van der Waals surface area (Å²) in [4.78, 5) is 9.33. The second-order valence-corrected chi connectivity index (χ2v) is 3.06. The standard InChI is InChI=1S/C5H9Cl2NO3/c1-2-5(10,11)8-4(9)3(6)7/h3,10-11H,2H2,1H3,(H,8,9). The highest BCUT2D eigenvalue weighted by molar-refractivity contribution is 6.53. The molecule has 0 fully saturated rings. The van der Waals surface area contributed by atoms with Gasteiger partial charge in [-0.25, -0.2) is 0 Å². The van der Waals surface area contributed by atoms with Gasteiger partial charge in [0.05, 0.1) is 0 Å². The summed E-state index contributed by atoms with van der Waals surface area (Å²) in [6.45, 7) is 1.48. The first-order chi connectivity index (χ1) is 4.89. The number of rotatable bonds is 3. The van der Waals surface area contributed by atoms with Gasteiger partial charge in [0.25, 0.3) is 5.91 Å². The lowest BCUT2D eigenvalue weighted by Crippen LogP contribution is -2.49. The van der Waals surface area contributed by atoms with E-state index < -0.39 is 16.7 Å². The van der Waals surface area contributed by atoms with E-state index in [4.69, 9.17) is 33.4 Å². The van der Waals surface area contributed by atoms with Crippen LogP contribution in [0.3, 0.4) is 0 Å². The number of carbonyl (C=O) groups is 1. The van der Waals surface area contributed by atoms with Crippen molar-refractivity contribution in [1.29, 1.82) is 0 Å². The molecule has 0 aliphatic rings. The predicted molar refractivity (Wildman–Crippen MR) is 41.1 cm³/mol. The number of hydrogen-bond donors (Lipinski definition) is 3. The second-order valence-electron chi connectivity index (χ2n) is 1.96. The second kappa shape index (κ2) is 4.11. The number of hydrogen-bond acceptors (Lipinski definition) is 3. The van der Waals surface area contributed by atoms with Gasteiger partial charge in [0, 0.05) is 6.42 Å². The van der Waals surface area contributed by atoms with E-state index in [-0.39, 0.29) is 6.42 Å². The molecule has 0 radical (unpaired) electrons. The van der Waals surface area contributed by atoms with Crippen LogP contribution < -0.4 is 5.32 Å². The van der Waals surface area contributed by atoms with E-state index in [1.54, 1.807) is 0 Å². The Hall–Kier alpha value is -0.0300. The van der Waals surface area contributed by atoms with E-state index in [1.807, 2.05) is 5.32 Å². The minimum absolute atomic E-state index is 0.0424. The Morgan fingerprint density at radius 1 is 1.64 bits per heavy atom. The van der Waals surface area contributed by atoms with E-state index in [9.17, 15) is 4.79 Å². The van der Waals surface area contributed by atoms with Gasteiger partial charge in [-0.05, 0) is 0 Å². The Morgan fingerprint density at radius 2 is 2.09 bits per heavy atom. The summed E-state index contributed by atoms with van der Waals surface area (Å²) in [5.74, 6) is -3.06. The molecule has 0 atom stereocenters. The van der Waals surface area contributed by atoms with Crippen molar-refractivity contribution in [3.05, 3.63) is 0 Å². The molecule has 0 saturated heterocycles. The fourth-order valence-corrected chi connectivity index (χ4v) is 0.449. The van der Waals surface area contributed by atoms with Crippen LogP contribution >= 0.6 is 23.2 Å². The zero-order valence-electron chi connectivity index (χ0n) is 5.84. The van der Waals surface area contributed by atoms with E-state index in [1.165, 1.54) is 6.92 Å². The Morgan fingerprint density at radius 3 is 2.36 bits per heavy atom. The molecule has 11 heavy (non-hydrogen) atoms. The smallest absolute Gasteiger partial charge is 0.257 e. The fourth-order valence-electron chi connectivity index (χ4n) is 0.340. The Balaban J connectivity index is 3.94. The number of amides is 1. The lowest BCUT2D eigenvalue weighted by molar-refractivity contribution is -0.190. The third kappa shape index (κ3) is 4.42. The monoisotopic (exact) mass is 201 g/mol. The topological polar surface area (TPSA) is 69.6 Å². The van der Waals surface area contributed by atoms with E-state index in [2.05, 4.69) is 0 Å². The largest absolute Gasteiger partial charge is 0.349 e. The van der Waals surface area contributed by atoms with Gasteiger partial charge >= 0.3 is 0 Å². The molecule has 1 amide bonds. The van der Waals surface area contributed by atoms with Crippen LogP contribution in [0.2, 0.25) is 0 Å². The molecule has 6 heteroatoms. The molecule has 0 aliphatic heterocycles. The quantitative estimate of drug-likeness (QED) is 0.444. The summed E-state index contributed by atoms with van der Waals surface area (Å²) >= 11 is 10.2. The number of alkyl halides is 2. The van der Waals surface area contributed by atoms with Crippen molar-refractivity contribution in [2.45, 2.75) is 24.1 Å². The number of carbonyl (C=O) groups excluding carboxylic acids is 1. The first-order valence-electron chi connectivity index (χ1n) is 2.94. The average molecular weight is 202 g/mol. The molecular weight excluding hydrogens is 193 g/mol. The van der Waals surface area contributed by atoms with Gasteiger partial charge in [0.15, 0.2) is 4.84 Å². The molecule has 66 valence electrons. The highest BCUT2D eigenvalue weighted by Gasteiger charge is 2.25. The molecular formula is C5H9Cl2NO3. The summed E-state index contributed by atoms with van der Waals surface area (Å²) < 4.78 is 0. The van der Waals surface area contributed by atoms with Gasteiger partial charge < -0.3 is 15.5 Å². The van der Waals surface area contributed by atoms with Crippen molar-refractivity contribution in [2.24, 2.45) is 0 Å². The Kier molecular flexibility index (Phi) is 4.10. The van der Waals surface area contributed by atoms with Crippen LogP contribution in [-0.2, 0) is 4.79 Å². The molecule has 3 N–H and O–H groups in total. The molecule has 0 bridgehead atoms. The molecule has 0 saturated carbocycles. The van der Waals surface area contributed by atoms with Gasteiger partial charge in [0.1, 0.15) is 0 Å². The van der Waals surface area contributed by atoms with Crippen molar-refractivity contribution < 1.29 is 15.0 Å². The third-order valence-corrected chi connectivity index (χ3v) is 1.41. The molecule has 4 nitrogen and oxygen atoms in total. The first kappa shape index (κ1) is 11.0. The average Bonchev–Trinajstić information content (AvgIpc) is 1.87. The number of halogens is 2. The molecule has 0 heterocycles.